The van der Waals surface area contributed by atoms with Crippen molar-refractivity contribution in [2.45, 2.75) is 0 Å². The molecule has 0 atom stereocenters. The third kappa shape index (κ3) is 3.69. The van der Waals surface area contributed by atoms with E-state index >= 15 is 0 Å². The highest BCUT2D eigenvalue weighted by Crippen LogP contribution is 2.57. The van der Waals surface area contributed by atoms with Crippen LogP contribution >= 0.6 is 0 Å². The number of hydrogen-bond donors (Lipinski definition) is 5. The molecule has 0 aromatic heterocycles. The van der Waals surface area contributed by atoms with Gasteiger partial charge in [-0.15, -0.1) is 0 Å². The maximum Gasteiger partial charge on any atom is 0.270 e. The minimum Gasteiger partial charge on any atom is -0.507 e. The lowest BCUT2D eigenvalue weighted by molar-refractivity contribution is 0.434. The second-order valence-electron chi connectivity index (χ2n) is 13.7. The number of aliphatic hydroxyl groups is 1. The van der Waals surface area contributed by atoms with E-state index in [1.165, 1.54) is 12.1 Å². The van der Waals surface area contributed by atoms with Crippen molar-refractivity contribution in [1.82, 2.24) is 4.58 Å². The van der Waals surface area contributed by atoms with Crippen LogP contribution in [-0.2, 0) is 0 Å². The number of nitrogens with zero attached hydrogens (tertiary/aromatic N) is 6. The monoisotopic (exact) mass is 687 g/mol. The van der Waals surface area contributed by atoms with Gasteiger partial charge in [-0.3, -0.25) is 0 Å². The Morgan fingerprint density at radius 3 is 2.00 bits per heavy atom. The molecule has 0 saturated heterocycles. The summed E-state index contributed by atoms with van der Waals surface area (Å²) in [5, 5.41) is 74.5. The lowest BCUT2D eigenvalue weighted by atomic mass is 9.73. The molecular weight excluding hydrogens is 656 g/mol. The van der Waals surface area contributed by atoms with Gasteiger partial charge in [-0.05, 0) is 42.5 Å². The molecule has 11 nitrogen and oxygen atoms in total. The van der Waals surface area contributed by atoms with Crippen molar-refractivity contribution in [2.24, 2.45) is 0 Å². The van der Waals surface area contributed by atoms with E-state index in [0.29, 0.717) is 56.4 Å². The zero-order valence-corrected chi connectivity index (χ0v) is 28.6. The number of benzene rings is 6. The lowest BCUT2D eigenvalue weighted by Crippen LogP contribution is -2.42. The Kier molecular flexibility index (Phi) is 6.21. The van der Waals surface area contributed by atoms with Gasteiger partial charge in [0.15, 0.2) is 0 Å². The average molecular weight is 688 g/mol. The molecule has 9 rings (SSSR count). The Morgan fingerprint density at radius 1 is 0.712 bits per heavy atom. The van der Waals surface area contributed by atoms with E-state index in [1.807, 2.05) is 77.8 Å². The summed E-state index contributed by atoms with van der Waals surface area (Å²) in [4.78, 5) is 9.69. The van der Waals surface area contributed by atoms with Crippen molar-refractivity contribution >= 4 is 71.3 Å². The molecule has 0 fully saturated rings. The van der Waals surface area contributed by atoms with E-state index < -0.39 is 0 Å². The zero-order valence-electron chi connectivity index (χ0n) is 28.6. The molecule has 0 radical (unpaired) electrons. The van der Waals surface area contributed by atoms with E-state index in [0.717, 1.165) is 22.4 Å². The van der Waals surface area contributed by atoms with Crippen LogP contribution < -0.4 is 29.9 Å². The van der Waals surface area contributed by atoms with Gasteiger partial charge in [0.2, 0.25) is 12.0 Å². The van der Waals surface area contributed by atoms with Crippen LogP contribution in [0.5, 0.6) is 23.0 Å². The highest BCUT2D eigenvalue weighted by atomic mass is 16.3. The van der Waals surface area contributed by atoms with Gasteiger partial charge >= 0.3 is 0 Å². The molecule has 0 unspecified atom stereocenters. The van der Waals surface area contributed by atoms with Crippen molar-refractivity contribution in [3.8, 4) is 29.1 Å². The molecule has 254 valence electrons. The topological polar surface area (TPSA) is 142 Å². The van der Waals surface area contributed by atoms with Gasteiger partial charge in [0.05, 0.1) is 41.5 Å². The number of hydrogen-bond acceptors (Lipinski definition) is 9. The second-order valence-corrected chi connectivity index (χ2v) is 13.7. The number of fused-ring (bicyclic) bond motifs is 4. The van der Waals surface area contributed by atoms with Gasteiger partial charge in [0.1, 0.15) is 35.8 Å². The molecule has 6 aromatic carbocycles. The van der Waals surface area contributed by atoms with Gasteiger partial charge < -0.3 is 40.2 Å². The Morgan fingerprint density at radius 2 is 1.33 bits per heavy atom. The fourth-order valence-corrected chi connectivity index (χ4v) is 8.81. The normalized spacial score (nSPS) is 17.3. The van der Waals surface area contributed by atoms with Gasteiger partial charge in [0.25, 0.3) is 5.70 Å². The van der Waals surface area contributed by atoms with Crippen molar-refractivity contribution < 1.29 is 25.5 Å². The minimum atomic E-state index is -0.349. The summed E-state index contributed by atoms with van der Waals surface area (Å²) < 4.78 is 2.02. The number of aromatic hydroxyl groups is 4. The van der Waals surface area contributed by atoms with E-state index in [-0.39, 0.29) is 62.0 Å². The summed E-state index contributed by atoms with van der Waals surface area (Å²) >= 11 is 0. The fraction of sp³-hybridized carbons (Fsp3) is 0.146. The maximum absolute atomic E-state index is 12.5. The Labute approximate surface area is 296 Å². The Bertz CT molecular complexity index is 2990. The highest BCUT2D eigenvalue weighted by molar-refractivity contribution is 6.30. The van der Waals surface area contributed by atoms with Crippen LogP contribution in [0, 0.1) is 17.9 Å². The summed E-state index contributed by atoms with van der Waals surface area (Å²) in [6, 6.07) is 19.0. The number of nitriles is 1. The Hall–Kier alpha value is -7.11. The summed E-state index contributed by atoms with van der Waals surface area (Å²) in [6.45, 7) is 9.20. The molecule has 0 saturated carbocycles. The summed E-state index contributed by atoms with van der Waals surface area (Å²) in [7, 11) is 7.70. The molecule has 52 heavy (non-hydrogen) atoms. The van der Waals surface area contributed by atoms with Gasteiger partial charge in [-0.2, -0.15) is 0 Å². The van der Waals surface area contributed by atoms with Crippen molar-refractivity contribution in [2.75, 3.05) is 56.2 Å². The van der Waals surface area contributed by atoms with Gasteiger partial charge in [-0.25, -0.2) is 14.7 Å². The minimum absolute atomic E-state index is 0.0688. The van der Waals surface area contributed by atoms with Crippen molar-refractivity contribution in [3.63, 3.8) is 0 Å². The van der Waals surface area contributed by atoms with Crippen LogP contribution in [-0.4, -0.2) is 67.1 Å². The van der Waals surface area contributed by atoms with Crippen LogP contribution in [0.15, 0.2) is 77.7 Å². The highest BCUT2D eigenvalue weighted by Gasteiger charge is 2.40. The van der Waals surface area contributed by atoms with Crippen LogP contribution in [0.25, 0.3) is 59.1 Å². The number of phenols is 4. The van der Waals surface area contributed by atoms with Gasteiger partial charge in [-0.1, -0.05) is 18.2 Å². The summed E-state index contributed by atoms with van der Waals surface area (Å²) in [5.74, 6) is -0.801. The summed E-state index contributed by atoms with van der Waals surface area (Å²) in [5.41, 5.74) is 2.53. The number of allylic oxidation sites excluding steroid dienone is 3. The molecule has 1 aliphatic carbocycles. The third-order valence-electron chi connectivity index (χ3n) is 10.8. The Balaban J connectivity index is 1.60. The molecular formula is C41H31N6O5+. The molecule has 3 aliphatic rings. The smallest absolute Gasteiger partial charge is 0.270 e. The molecule has 2 aliphatic heterocycles. The molecule has 0 spiro atoms. The SMILES string of the molecule is [C-]#[N+]/C(C#N)=C1C(c2c3c(O)cccc3c3c4c(ccc(O)c24)N(C)CN3C)=C(O)C/1=c1/c2c(O)cccc2c2c3c(ccc(O)c13)N(C)C[N+]=2C. The summed E-state index contributed by atoms with van der Waals surface area (Å²) in [6.07, 6.45) is 0. The second kappa shape index (κ2) is 10.5. The van der Waals surface area contributed by atoms with Crippen LogP contribution in [0.4, 0.5) is 17.1 Å². The molecule has 0 bridgehead atoms. The molecule has 0 amide bonds. The third-order valence-corrected chi connectivity index (χ3v) is 10.8. The van der Waals surface area contributed by atoms with Gasteiger partial charge in [0, 0.05) is 86.6 Å². The fourth-order valence-electron chi connectivity index (χ4n) is 8.81. The standard InChI is InChI=1S/C41H30N6O5/c1-43-21(16-42)30-37(35-28-19(8-6-10-24(28)48)39-31-22(44(2)17-46(39)4)12-14-26(50)33(31)35)41(52)38(30)36-29-20(9-7-11-25(29)49)40-32-23(45(3)18-47(40)5)13-15-27(51)34(32)36/h6-15H,17-18H2,2-5H3,(H4-,48,49,50,51,52)/p+1. The lowest BCUT2D eigenvalue weighted by Gasteiger charge is -2.38. The maximum atomic E-state index is 12.5. The largest absolute Gasteiger partial charge is 0.507 e. The first-order valence-corrected chi connectivity index (χ1v) is 16.5. The van der Waals surface area contributed by atoms with E-state index in [2.05, 4.69) is 4.85 Å². The zero-order chi connectivity index (χ0) is 36.5. The van der Waals surface area contributed by atoms with Crippen LogP contribution in [0.3, 0.4) is 0 Å². The molecule has 2 heterocycles. The number of aliphatic hydroxyl groups excluding tert-OH is 1. The van der Waals surface area contributed by atoms with Crippen LogP contribution in [0.2, 0.25) is 0 Å². The number of phenolic OH excluding ortho intramolecular Hbond substituents is 4. The van der Waals surface area contributed by atoms with Crippen molar-refractivity contribution in [3.05, 3.63) is 105 Å². The number of anilines is 3. The first kappa shape index (κ1) is 30.9. The number of rotatable bonds is 1. The quantitative estimate of drug-likeness (QED) is 0.0672. The predicted molar refractivity (Wildman–Crippen MR) is 203 cm³/mol. The van der Waals surface area contributed by atoms with Crippen molar-refractivity contribution in [1.29, 1.82) is 5.26 Å². The molecule has 5 N–H and O–H groups in total. The first-order chi connectivity index (χ1) is 25.0. The average Bonchev–Trinajstić information content (AvgIpc) is 3.10. The first-order valence-electron chi connectivity index (χ1n) is 16.5. The molecule has 11 heteroatoms. The predicted octanol–water partition coefficient (Wildman–Crippen LogP) is 5.32. The van der Waals surface area contributed by atoms with E-state index in [9.17, 15) is 30.8 Å². The molecule has 6 aromatic rings. The van der Waals surface area contributed by atoms with E-state index in [4.69, 9.17) is 6.57 Å². The van der Waals surface area contributed by atoms with E-state index in [1.54, 1.807) is 24.3 Å². The van der Waals surface area contributed by atoms with Crippen LogP contribution in [0.1, 0.15) is 5.56 Å².